The van der Waals surface area contributed by atoms with Gasteiger partial charge >= 0.3 is 0 Å². The van der Waals surface area contributed by atoms with Crippen molar-refractivity contribution in [2.75, 3.05) is 25.1 Å². The van der Waals surface area contributed by atoms with Gasteiger partial charge in [-0.05, 0) is 55.2 Å². The summed E-state index contributed by atoms with van der Waals surface area (Å²) in [5.41, 5.74) is 3.53. The SMILES string of the molecule is COc1cccc([C@H](C)NC(=O)c2ccc(-c3cnc(N4CCCC4)nc3)cc2)c1. The van der Waals surface area contributed by atoms with Crippen LogP contribution in [0.5, 0.6) is 5.75 Å². The summed E-state index contributed by atoms with van der Waals surface area (Å²) in [4.78, 5) is 23.9. The average Bonchev–Trinajstić information content (AvgIpc) is 3.34. The van der Waals surface area contributed by atoms with E-state index in [1.807, 2.05) is 67.8 Å². The van der Waals surface area contributed by atoms with E-state index < -0.39 is 0 Å². The standard InChI is InChI=1S/C24H26N4O2/c1-17(20-6-5-7-22(14-20)30-2)27-23(29)19-10-8-18(9-11-19)21-15-25-24(26-16-21)28-12-3-4-13-28/h5-11,14-17H,3-4,12-13H2,1-2H3,(H,27,29)/t17-/m0/s1. The molecular weight excluding hydrogens is 376 g/mol. The van der Waals surface area contributed by atoms with Crippen LogP contribution in [0.1, 0.15) is 41.7 Å². The lowest BCUT2D eigenvalue weighted by Gasteiger charge is -2.16. The molecule has 0 bridgehead atoms. The predicted octanol–water partition coefficient (Wildman–Crippen LogP) is 4.24. The van der Waals surface area contributed by atoms with Crippen LogP contribution >= 0.6 is 0 Å². The normalized spacial score (nSPS) is 14.4. The Morgan fingerprint density at radius 1 is 1.03 bits per heavy atom. The number of carbonyl (C=O) groups excluding carboxylic acids is 1. The van der Waals surface area contributed by atoms with Crippen molar-refractivity contribution in [3.8, 4) is 16.9 Å². The molecule has 0 radical (unpaired) electrons. The maximum absolute atomic E-state index is 12.6. The minimum Gasteiger partial charge on any atom is -0.497 e. The van der Waals surface area contributed by atoms with Gasteiger partial charge in [0.1, 0.15) is 5.75 Å². The summed E-state index contributed by atoms with van der Waals surface area (Å²) >= 11 is 0. The number of ether oxygens (including phenoxy) is 1. The largest absolute Gasteiger partial charge is 0.497 e. The molecule has 6 heteroatoms. The Morgan fingerprint density at radius 2 is 1.73 bits per heavy atom. The molecule has 1 aliphatic heterocycles. The number of hydrogen-bond acceptors (Lipinski definition) is 5. The van der Waals surface area contributed by atoms with Crippen molar-refractivity contribution in [3.05, 3.63) is 72.1 Å². The molecule has 154 valence electrons. The molecule has 2 aromatic carbocycles. The van der Waals surface area contributed by atoms with Crippen LogP contribution in [-0.2, 0) is 0 Å². The number of aromatic nitrogens is 2. The molecule has 0 saturated carbocycles. The Kier molecular flexibility index (Phi) is 5.93. The highest BCUT2D eigenvalue weighted by Gasteiger charge is 2.15. The van der Waals surface area contributed by atoms with Gasteiger partial charge < -0.3 is 15.0 Å². The van der Waals surface area contributed by atoms with E-state index in [0.717, 1.165) is 41.5 Å². The highest BCUT2D eigenvalue weighted by molar-refractivity contribution is 5.94. The van der Waals surface area contributed by atoms with Crippen LogP contribution in [0.3, 0.4) is 0 Å². The number of hydrogen-bond donors (Lipinski definition) is 1. The Hall–Kier alpha value is -3.41. The molecule has 2 heterocycles. The van der Waals surface area contributed by atoms with Crippen molar-refractivity contribution >= 4 is 11.9 Å². The lowest BCUT2D eigenvalue weighted by Crippen LogP contribution is -2.26. The Labute approximate surface area is 176 Å². The Balaban J connectivity index is 1.41. The molecule has 0 unspecified atom stereocenters. The molecule has 6 nitrogen and oxygen atoms in total. The minimum atomic E-state index is -0.126. The molecule has 4 rings (SSSR count). The number of rotatable bonds is 6. The fourth-order valence-corrected chi connectivity index (χ4v) is 3.64. The van der Waals surface area contributed by atoms with E-state index in [9.17, 15) is 4.79 Å². The summed E-state index contributed by atoms with van der Waals surface area (Å²) in [6.45, 7) is 4.01. The fourth-order valence-electron chi connectivity index (χ4n) is 3.64. The van der Waals surface area contributed by atoms with Gasteiger partial charge in [0.15, 0.2) is 0 Å². The van der Waals surface area contributed by atoms with Crippen molar-refractivity contribution in [3.63, 3.8) is 0 Å². The number of amides is 1. The van der Waals surface area contributed by atoms with Crippen LogP contribution in [0.15, 0.2) is 60.9 Å². The van der Waals surface area contributed by atoms with Gasteiger partial charge in [0.05, 0.1) is 13.2 Å². The number of anilines is 1. The first kappa shape index (κ1) is 19.9. The summed E-state index contributed by atoms with van der Waals surface area (Å²) in [6, 6.07) is 15.1. The zero-order chi connectivity index (χ0) is 20.9. The van der Waals surface area contributed by atoms with Crippen LogP contribution in [0.4, 0.5) is 5.95 Å². The lowest BCUT2D eigenvalue weighted by molar-refractivity contribution is 0.0940. The van der Waals surface area contributed by atoms with Gasteiger partial charge in [0, 0.05) is 36.6 Å². The van der Waals surface area contributed by atoms with E-state index in [2.05, 4.69) is 20.2 Å². The van der Waals surface area contributed by atoms with Crippen molar-refractivity contribution in [2.24, 2.45) is 0 Å². The molecule has 1 N–H and O–H groups in total. The van der Waals surface area contributed by atoms with Gasteiger partial charge in [0.2, 0.25) is 5.95 Å². The van der Waals surface area contributed by atoms with E-state index in [1.54, 1.807) is 7.11 Å². The fraction of sp³-hybridized carbons (Fsp3) is 0.292. The van der Waals surface area contributed by atoms with Gasteiger partial charge in [-0.25, -0.2) is 9.97 Å². The first-order chi connectivity index (χ1) is 14.6. The van der Waals surface area contributed by atoms with Crippen LogP contribution in [-0.4, -0.2) is 36.1 Å². The smallest absolute Gasteiger partial charge is 0.251 e. The Bertz CT molecular complexity index is 996. The number of methoxy groups -OCH3 is 1. The third kappa shape index (κ3) is 4.43. The number of nitrogens with zero attached hydrogens (tertiary/aromatic N) is 3. The molecule has 1 aliphatic rings. The van der Waals surface area contributed by atoms with Gasteiger partial charge in [-0.3, -0.25) is 4.79 Å². The second kappa shape index (κ2) is 8.95. The minimum absolute atomic E-state index is 0.113. The molecular formula is C24H26N4O2. The second-order valence-electron chi connectivity index (χ2n) is 7.52. The van der Waals surface area contributed by atoms with E-state index in [0.29, 0.717) is 5.56 Å². The highest BCUT2D eigenvalue weighted by Crippen LogP contribution is 2.22. The molecule has 1 atom stereocenters. The topological polar surface area (TPSA) is 67.3 Å². The van der Waals surface area contributed by atoms with Gasteiger partial charge in [-0.1, -0.05) is 24.3 Å². The summed E-state index contributed by atoms with van der Waals surface area (Å²) in [5, 5.41) is 3.04. The van der Waals surface area contributed by atoms with Gasteiger partial charge in [-0.15, -0.1) is 0 Å². The van der Waals surface area contributed by atoms with E-state index in [4.69, 9.17) is 4.74 Å². The van der Waals surface area contributed by atoms with E-state index >= 15 is 0 Å². The average molecular weight is 402 g/mol. The lowest BCUT2D eigenvalue weighted by atomic mass is 10.1. The molecule has 1 fully saturated rings. The van der Waals surface area contributed by atoms with Gasteiger partial charge in [0.25, 0.3) is 5.91 Å². The molecule has 1 amide bonds. The highest BCUT2D eigenvalue weighted by atomic mass is 16.5. The number of benzene rings is 2. The summed E-state index contributed by atoms with van der Waals surface area (Å²) < 4.78 is 5.26. The number of carbonyl (C=O) groups is 1. The number of nitrogens with one attached hydrogen (secondary N) is 1. The summed E-state index contributed by atoms with van der Waals surface area (Å²) in [6.07, 6.45) is 6.09. The summed E-state index contributed by atoms with van der Waals surface area (Å²) in [7, 11) is 1.63. The maximum Gasteiger partial charge on any atom is 0.251 e. The van der Waals surface area contributed by atoms with Crippen molar-refractivity contribution in [1.82, 2.24) is 15.3 Å². The summed E-state index contributed by atoms with van der Waals surface area (Å²) in [5.74, 6) is 1.45. The van der Waals surface area contributed by atoms with Crippen molar-refractivity contribution in [1.29, 1.82) is 0 Å². The predicted molar refractivity (Wildman–Crippen MR) is 118 cm³/mol. The third-order valence-corrected chi connectivity index (χ3v) is 5.45. The van der Waals surface area contributed by atoms with Gasteiger partial charge in [-0.2, -0.15) is 0 Å². The third-order valence-electron chi connectivity index (χ3n) is 5.45. The van der Waals surface area contributed by atoms with Crippen molar-refractivity contribution in [2.45, 2.75) is 25.8 Å². The van der Waals surface area contributed by atoms with Crippen molar-refractivity contribution < 1.29 is 9.53 Å². The van der Waals surface area contributed by atoms with E-state index in [-0.39, 0.29) is 11.9 Å². The zero-order valence-corrected chi connectivity index (χ0v) is 17.3. The maximum atomic E-state index is 12.6. The van der Waals surface area contributed by atoms with Crippen LogP contribution < -0.4 is 15.0 Å². The molecule has 3 aromatic rings. The first-order valence-corrected chi connectivity index (χ1v) is 10.3. The van der Waals surface area contributed by atoms with Crippen LogP contribution in [0, 0.1) is 0 Å². The van der Waals surface area contributed by atoms with Crippen LogP contribution in [0.25, 0.3) is 11.1 Å². The second-order valence-corrected chi connectivity index (χ2v) is 7.52. The molecule has 1 saturated heterocycles. The van der Waals surface area contributed by atoms with E-state index in [1.165, 1.54) is 12.8 Å². The zero-order valence-electron chi connectivity index (χ0n) is 17.3. The quantitative estimate of drug-likeness (QED) is 0.668. The molecule has 0 spiro atoms. The first-order valence-electron chi connectivity index (χ1n) is 10.3. The molecule has 0 aliphatic carbocycles. The Morgan fingerprint density at radius 3 is 2.40 bits per heavy atom. The molecule has 30 heavy (non-hydrogen) atoms. The molecule has 1 aromatic heterocycles. The van der Waals surface area contributed by atoms with Crippen LogP contribution in [0.2, 0.25) is 0 Å². The monoisotopic (exact) mass is 402 g/mol.